The molecule has 5 heteroatoms. The molecule has 0 saturated carbocycles. The number of hydrogen-bond donors (Lipinski definition) is 0. The van der Waals surface area contributed by atoms with Gasteiger partial charge >= 0.3 is 0 Å². The van der Waals surface area contributed by atoms with Gasteiger partial charge in [0.1, 0.15) is 10.6 Å². The van der Waals surface area contributed by atoms with Crippen molar-refractivity contribution in [2.45, 2.75) is 6.54 Å². The summed E-state index contributed by atoms with van der Waals surface area (Å²) in [5.41, 5.74) is 0.652. The third-order valence-electron chi connectivity index (χ3n) is 2.69. The van der Waals surface area contributed by atoms with Gasteiger partial charge in [0.2, 0.25) is 0 Å². The van der Waals surface area contributed by atoms with Crippen LogP contribution < -0.4 is 5.56 Å². The zero-order valence-electron chi connectivity index (χ0n) is 9.34. The summed E-state index contributed by atoms with van der Waals surface area (Å²) in [6.07, 6.45) is 1.51. The van der Waals surface area contributed by atoms with Gasteiger partial charge < -0.3 is 0 Å². The summed E-state index contributed by atoms with van der Waals surface area (Å²) in [7, 11) is 0. The second-order valence-electron chi connectivity index (χ2n) is 3.95. The molecule has 0 spiro atoms. The lowest BCUT2D eigenvalue weighted by atomic mass is 10.2. The molecule has 1 aromatic carbocycles. The molecule has 0 fully saturated rings. The van der Waals surface area contributed by atoms with Crippen LogP contribution in [0.2, 0.25) is 0 Å². The Labute approximate surface area is 106 Å². The van der Waals surface area contributed by atoms with Gasteiger partial charge in [0.25, 0.3) is 5.56 Å². The Morgan fingerprint density at radius 1 is 1.33 bits per heavy atom. The van der Waals surface area contributed by atoms with Crippen LogP contribution in [0.4, 0.5) is 4.39 Å². The summed E-state index contributed by atoms with van der Waals surface area (Å²) < 4.78 is 14.6. The molecule has 18 heavy (non-hydrogen) atoms. The molecule has 3 rings (SSSR count). The fourth-order valence-corrected chi connectivity index (χ4v) is 2.56. The van der Waals surface area contributed by atoms with E-state index in [9.17, 15) is 9.18 Å². The number of rotatable bonds is 2. The van der Waals surface area contributed by atoms with Crippen molar-refractivity contribution < 1.29 is 4.39 Å². The first-order chi connectivity index (χ1) is 8.74. The molecule has 2 heterocycles. The van der Waals surface area contributed by atoms with Gasteiger partial charge in [-0.15, -0.1) is 11.3 Å². The fourth-order valence-electron chi connectivity index (χ4n) is 1.84. The van der Waals surface area contributed by atoms with Gasteiger partial charge in [-0.25, -0.2) is 9.37 Å². The molecule has 0 radical (unpaired) electrons. The zero-order valence-corrected chi connectivity index (χ0v) is 10.2. The molecular weight excluding hydrogens is 251 g/mol. The molecule has 0 N–H and O–H groups in total. The molecule has 3 aromatic rings. The Bertz CT molecular complexity index is 763. The highest BCUT2D eigenvalue weighted by atomic mass is 32.1. The highest BCUT2D eigenvalue weighted by Gasteiger charge is 2.05. The van der Waals surface area contributed by atoms with Crippen molar-refractivity contribution in [1.29, 1.82) is 0 Å². The summed E-state index contributed by atoms with van der Waals surface area (Å²) in [4.78, 5) is 17.1. The molecule has 0 saturated heterocycles. The minimum absolute atomic E-state index is 0.0921. The topological polar surface area (TPSA) is 34.9 Å². The molecule has 0 atom stereocenters. The van der Waals surface area contributed by atoms with Crippen molar-refractivity contribution in [3.8, 4) is 0 Å². The lowest BCUT2D eigenvalue weighted by Crippen LogP contribution is -2.20. The SMILES string of the molecule is O=c1c2ccsc2ncn1Cc1cccc(F)c1. The number of benzene rings is 1. The Kier molecular flexibility index (Phi) is 2.68. The highest BCUT2D eigenvalue weighted by Crippen LogP contribution is 2.13. The maximum Gasteiger partial charge on any atom is 0.262 e. The van der Waals surface area contributed by atoms with Crippen LogP contribution in [0, 0.1) is 5.82 Å². The number of aromatic nitrogens is 2. The van der Waals surface area contributed by atoms with E-state index in [0.717, 1.165) is 10.4 Å². The van der Waals surface area contributed by atoms with Gasteiger partial charge in [-0.05, 0) is 29.1 Å². The summed E-state index contributed by atoms with van der Waals surface area (Å²) in [6.45, 7) is 0.329. The Hall–Kier alpha value is -2.01. The van der Waals surface area contributed by atoms with Gasteiger partial charge in [-0.1, -0.05) is 12.1 Å². The van der Waals surface area contributed by atoms with Crippen molar-refractivity contribution in [3.63, 3.8) is 0 Å². The maximum atomic E-state index is 13.1. The first-order valence-corrected chi connectivity index (χ1v) is 6.29. The fraction of sp³-hybridized carbons (Fsp3) is 0.0769. The summed E-state index contributed by atoms with van der Waals surface area (Å²) in [6, 6.07) is 7.98. The lowest BCUT2D eigenvalue weighted by Gasteiger charge is -2.05. The van der Waals surface area contributed by atoms with E-state index in [1.54, 1.807) is 18.2 Å². The highest BCUT2D eigenvalue weighted by molar-refractivity contribution is 7.16. The van der Waals surface area contributed by atoms with Gasteiger partial charge in [0, 0.05) is 0 Å². The molecule has 0 bridgehead atoms. The molecule has 0 aliphatic heterocycles. The van der Waals surface area contributed by atoms with E-state index in [4.69, 9.17) is 0 Å². The maximum absolute atomic E-state index is 13.1. The largest absolute Gasteiger partial charge is 0.294 e. The molecule has 0 unspecified atom stereocenters. The number of fused-ring (bicyclic) bond motifs is 1. The van der Waals surface area contributed by atoms with Crippen molar-refractivity contribution in [3.05, 3.63) is 63.8 Å². The lowest BCUT2D eigenvalue weighted by molar-refractivity contribution is 0.622. The molecule has 2 aromatic heterocycles. The Morgan fingerprint density at radius 2 is 2.22 bits per heavy atom. The summed E-state index contributed by atoms with van der Waals surface area (Å²) in [5.74, 6) is -0.301. The monoisotopic (exact) mass is 260 g/mol. The van der Waals surface area contributed by atoms with Crippen LogP contribution in [0.15, 0.2) is 46.8 Å². The zero-order chi connectivity index (χ0) is 12.5. The summed E-state index contributed by atoms with van der Waals surface area (Å²) in [5, 5.41) is 2.45. The second kappa shape index (κ2) is 4.34. The Morgan fingerprint density at radius 3 is 3.06 bits per heavy atom. The standard InChI is InChI=1S/C13H9FN2OS/c14-10-3-1-2-9(6-10)7-16-8-15-12-11(13(16)17)4-5-18-12/h1-6,8H,7H2. The second-order valence-corrected chi connectivity index (χ2v) is 4.84. The Balaban J connectivity index is 2.05. The minimum Gasteiger partial charge on any atom is -0.294 e. The molecule has 3 nitrogen and oxygen atoms in total. The minimum atomic E-state index is -0.301. The number of halogens is 1. The van der Waals surface area contributed by atoms with Crippen LogP contribution >= 0.6 is 11.3 Å². The van der Waals surface area contributed by atoms with Gasteiger partial charge in [-0.3, -0.25) is 9.36 Å². The van der Waals surface area contributed by atoms with Crippen LogP contribution in [0.3, 0.4) is 0 Å². The molecule has 0 aliphatic rings. The summed E-state index contributed by atoms with van der Waals surface area (Å²) >= 11 is 1.43. The van der Waals surface area contributed by atoms with Crippen LogP contribution in [0.5, 0.6) is 0 Å². The predicted molar refractivity (Wildman–Crippen MR) is 69.4 cm³/mol. The van der Waals surface area contributed by atoms with Crippen molar-refractivity contribution in [1.82, 2.24) is 9.55 Å². The van der Waals surface area contributed by atoms with E-state index in [-0.39, 0.29) is 11.4 Å². The van der Waals surface area contributed by atoms with E-state index in [1.165, 1.54) is 34.4 Å². The van der Waals surface area contributed by atoms with E-state index in [2.05, 4.69) is 4.98 Å². The van der Waals surface area contributed by atoms with Gasteiger partial charge in [0.15, 0.2) is 0 Å². The van der Waals surface area contributed by atoms with Gasteiger partial charge in [-0.2, -0.15) is 0 Å². The molecular formula is C13H9FN2OS. The van der Waals surface area contributed by atoms with Crippen LogP contribution in [0.1, 0.15) is 5.56 Å². The van der Waals surface area contributed by atoms with Crippen molar-refractivity contribution in [2.24, 2.45) is 0 Å². The smallest absolute Gasteiger partial charge is 0.262 e. The van der Waals surface area contributed by atoms with Crippen molar-refractivity contribution in [2.75, 3.05) is 0 Å². The molecule has 0 amide bonds. The van der Waals surface area contributed by atoms with E-state index in [0.29, 0.717) is 11.9 Å². The van der Waals surface area contributed by atoms with Crippen LogP contribution in [-0.4, -0.2) is 9.55 Å². The van der Waals surface area contributed by atoms with Crippen LogP contribution in [-0.2, 0) is 6.54 Å². The van der Waals surface area contributed by atoms with Gasteiger partial charge in [0.05, 0.1) is 18.3 Å². The quantitative estimate of drug-likeness (QED) is 0.710. The number of nitrogens with zero attached hydrogens (tertiary/aromatic N) is 2. The van der Waals surface area contributed by atoms with Crippen molar-refractivity contribution >= 4 is 21.6 Å². The third-order valence-corrected chi connectivity index (χ3v) is 3.51. The van der Waals surface area contributed by atoms with E-state index >= 15 is 0 Å². The van der Waals surface area contributed by atoms with E-state index in [1.807, 2.05) is 5.38 Å². The molecule has 90 valence electrons. The average molecular weight is 260 g/mol. The van der Waals surface area contributed by atoms with E-state index < -0.39 is 0 Å². The first-order valence-electron chi connectivity index (χ1n) is 5.41. The number of hydrogen-bond acceptors (Lipinski definition) is 3. The molecule has 0 aliphatic carbocycles. The normalized spacial score (nSPS) is 10.9. The predicted octanol–water partition coefficient (Wildman–Crippen LogP) is 2.65. The van der Waals surface area contributed by atoms with Crippen LogP contribution in [0.25, 0.3) is 10.2 Å². The average Bonchev–Trinajstić information content (AvgIpc) is 2.82. The number of thiophene rings is 1. The first kappa shape index (κ1) is 11.1. The third kappa shape index (κ3) is 1.93.